The number of aromatic nitrogens is 2. The van der Waals surface area contributed by atoms with Crippen molar-refractivity contribution in [1.82, 2.24) is 9.55 Å². The molecule has 0 aliphatic carbocycles. The number of hydrogen-bond donors (Lipinski definition) is 1. The predicted octanol–water partition coefficient (Wildman–Crippen LogP) is 2.03. The highest BCUT2D eigenvalue weighted by Crippen LogP contribution is 2.11. The number of para-hydroxylation sites is 1. The summed E-state index contributed by atoms with van der Waals surface area (Å²) in [6.45, 7) is 0.589. The molecule has 0 saturated heterocycles. The second-order valence-corrected chi connectivity index (χ2v) is 4.38. The summed E-state index contributed by atoms with van der Waals surface area (Å²) in [5.41, 5.74) is 7.48. The molecule has 19 heavy (non-hydrogen) atoms. The largest absolute Gasteiger partial charge is 0.384 e. The molecule has 2 heterocycles. The Balaban J connectivity index is 2.11. The van der Waals surface area contributed by atoms with Crippen molar-refractivity contribution in [2.24, 2.45) is 0 Å². The summed E-state index contributed by atoms with van der Waals surface area (Å²) in [6, 6.07) is 14.7. The Morgan fingerprint density at radius 3 is 2.74 bits per heavy atom. The van der Waals surface area contributed by atoms with Crippen LogP contribution in [-0.2, 0) is 6.54 Å². The fourth-order valence-electron chi connectivity index (χ4n) is 2.16. The topological polar surface area (TPSA) is 60.9 Å². The lowest BCUT2D eigenvalue weighted by atomic mass is 10.2. The first-order valence-corrected chi connectivity index (χ1v) is 6.03. The first-order valence-electron chi connectivity index (χ1n) is 6.03. The lowest BCUT2D eigenvalue weighted by Crippen LogP contribution is -2.09. The Hall–Kier alpha value is -2.62. The molecule has 0 radical (unpaired) electrons. The van der Waals surface area contributed by atoms with Crippen LogP contribution in [0.4, 0.5) is 5.82 Å². The second-order valence-electron chi connectivity index (χ2n) is 4.38. The molecule has 0 fully saturated rings. The van der Waals surface area contributed by atoms with Crippen LogP contribution in [0, 0.1) is 0 Å². The van der Waals surface area contributed by atoms with Gasteiger partial charge >= 0.3 is 0 Å². The molecule has 4 nitrogen and oxygen atoms in total. The fraction of sp³-hybridized carbons (Fsp3) is 0.0667. The van der Waals surface area contributed by atoms with Crippen molar-refractivity contribution in [3.63, 3.8) is 0 Å². The third-order valence-electron chi connectivity index (χ3n) is 3.05. The molecule has 1 aromatic carbocycles. The highest BCUT2D eigenvalue weighted by Gasteiger charge is 2.03. The molecule has 2 aromatic heterocycles. The molecule has 0 aliphatic rings. The van der Waals surface area contributed by atoms with Gasteiger partial charge in [0.25, 0.3) is 0 Å². The van der Waals surface area contributed by atoms with Crippen LogP contribution in [-0.4, -0.2) is 9.55 Å². The van der Waals surface area contributed by atoms with Crippen LogP contribution in [0.3, 0.4) is 0 Å². The molecule has 2 N–H and O–H groups in total. The summed E-state index contributed by atoms with van der Waals surface area (Å²) in [7, 11) is 0. The molecule has 3 rings (SSSR count). The average Bonchev–Trinajstić information content (AvgIpc) is 2.42. The quantitative estimate of drug-likeness (QED) is 0.758. The van der Waals surface area contributed by atoms with Crippen molar-refractivity contribution in [3.8, 4) is 0 Å². The van der Waals surface area contributed by atoms with E-state index < -0.39 is 0 Å². The van der Waals surface area contributed by atoms with Gasteiger partial charge in [0.1, 0.15) is 5.82 Å². The van der Waals surface area contributed by atoms with Crippen molar-refractivity contribution >= 4 is 16.7 Å². The van der Waals surface area contributed by atoms with Gasteiger partial charge in [-0.1, -0.05) is 18.2 Å². The first kappa shape index (κ1) is 11.5. The molecule has 0 unspecified atom stereocenters. The lowest BCUT2D eigenvalue weighted by Gasteiger charge is -2.10. The van der Waals surface area contributed by atoms with E-state index in [4.69, 9.17) is 5.73 Å². The monoisotopic (exact) mass is 251 g/mol. The number of pyridine rings is 2. The molecule has 0 amide bonds. The standard InChI is InChI=1S/C15H13N3O/c16-15-7-3-4-11(17-15)10-18-9-8-14(19)12-5-1-2-6-13(12)18/h1-9H,10H2,(H2,16,17). The van der Waals surface area contributed by atoms with Crippen molar-refractivity contribution in [2.75, 3.05) is 5.73 Å². The van der Waals surface area contributed by atoms with E-state index in [1.165, 1.54) is 0 Å². The molecule has 4 heteroatoms. The zero-order valence-corrected chi connectivity index (χ0v) is 10.3. The molecule has 94 valence electrons. The maximum atomic E-state index is 11.8. The van der Waals surface area contributed by atoms with Crippen molar-refractivity contribution < 1.29 is 0 Å². The Morgan fingerprint density at radius 1 is 1.05 bits per heavy atom. The van der Waals surface area contributed by atoms with Gasteiger partial charge in [-0.25, -0.2) is 4.98 Å². The number of nitrogens with two attached hydrogens (primary N) is 1. The highest BCUT2D eigenvalue weighted by atomic mass is 16.1. The van der Waals surface area contributed by atoms with Gasteiger partial charge in [-0.05, 0) is 24.3 Å². The first-order chi connectivity index (χ1) is 9.24. The molecule has 0 spiro atoms. The minimum absolute atomic E-state index is 0.0346. The summed E-state index contributed by atoms with van der Waals surface area (Å²) in [4.78, 5) is 16.1. The predicted molar refractivity (Wildman–Crippen MR) is 76.0 cm³/mol. The number of nitrogen functional groups attached to an aromatic ring is 1. The van der Waals surface area contributed by atoms with E-state index in [0.29, 0.717) is 17.7 Å². The van der Waals surface area contributed by atoms with Crippen LogP contribution < -0.4 is 11.2 Å². The Bertz CT molecular complexity index is 792. The fourth-order valence-corrected chi connectivity index (χ4v) is 2.16. The summed E-state index contributed by atoms with van der Waals surface area (Å²) >= 11 is 0. The van der Waals surface area contributed by atoms with E-state index in [0.717, 1.165) is 11.2 Å². The molecule has 0 atom stereocenters. The number of fused-ring (bicyclic) bond motifs is 1. The van der Waals surface area contributed by atoms with Crippen LogP contribution in [0.5, 0.6) is 0 Å². The Morgan fingerprint density at radius 2 is 1.89 bits per heavy atom. The van der Waals surface area contributed by atoms with Crippen LogP contribution in [0.1, 0.15) is 5.69 Å². The third-order valence-corrected chi connectivity index (χ3v) is 3.05. The number of benzene rings is 1. The van der Waals surface area contributed by atoms with Gasteiger partial charge in [-0.3, -0.25) is 4.79 Å². The zero-order valence-electron chi connectivity index (χ0n) is 10.3. The molecule has 0 saturated carbocycles. The summed E-state index contributed by atoms with van der Waals surface area (Å²) in [6.07, 6.45) is 1.79. The van der Waals surface area contributed by atoms with Crippen molar-refractivity contribution in [1.29, 1.82) is 0 Å². The van der Waals surface area contributed by atoms with E-state index in [-0.39, 0.29) is 5.43 Å². The summed E-state index contributed by atoms with van der Waals surface area (Å²) in [5, 5.41) is 0.717. The van der Waals surface area contributed by atoms with E-state index in [1.54, 1.807) is 18.3 Å². The highest BCUT2D eigenvalue weighted by molar-refractivity contribution is 5.78. The van der Waals surface area contributed by atoms with Crippen molar-refractivity contribution in [3.05, 3.63) is 70.6 Å². The van der Waals surface area contributed by atoms with E-state index >= 15 is 0 Å². The summed E-state index contributed by atoms with van der Waals surface area (Å²) in [5.74, 6) is 0.503. The van der Waals surface area contributed by atoms with Gasteiger partial charge in [-0.2, -0.15) is 0 Å². The summed E-state index contributed by atoms with van der Waals surface area (Å²) < 4.78 is 2.00. The van der Waals surface area contributed by atoms with E-state index in [2.05, 4.69) is 4.98 Å². The maximum Gasteiger partial charge on any atom is 0.189 e. The number of hydrogen-bond acceptors (Lipinski definition) is 3. The smallest absolute Gasteiger partial charge is 0.189 e. The minimum Gasteiger partial charge on any atom is -0.384 e. The van der Waals surface area contributed by atoms with Gasteiger partial charge < -0.3 is 10.3 Å². The third kappa shape index (κ3) is 2.20. The second kappa shape index (κ2) is 4.57. The zero-order chi connectivity index (χ0) is 13.2. The van der Waals surface area contributed by atoms with E-state index in [9.17, 15) is 4.79 Å². The molecular weight excluding hydrogens is 238 g/mol. The SMILES string of the molecule is Nc1cccc(Cn2ccc(=O)c3ccccc32)n1. The molecule has 3 aromatic rings. The van der Waals surface area contributed by atoms with Crippen LogP contribution in [0.15, 0.2) is 59.5 Å². The Kier molecular flexibility index (Phi) is 2.76. The normalized spacial score (nSPS) is 10.7. The van der Waals surface area contributed by atoms with Crippen LogP contribution in [0.25, 0.3) is 10.9 Å². The molecular formula is C15H13N3O. The van der Waals surface area contributed by atoms with E-state index in [1.807, 2.05) is 41.0 Å². The van der Waals surface area contributed by atoms with Gasteiger partial charge in [0, 0.05) is 17.6 Å². The number of rotatable bonds is 2. The molecule has 0 bridgehead atoms. The Labute approximate surface area is 110 Å². The van der Waals surface area contributed by atoms with Crippen LogP contribution in [0.2, 0.25) is 0 Å². The number of nitrogens with zero attached hydrogens (tertiary/aromatic N) is 2. The maximum absolute atomic E-state index is 11.8. The van der Waals surface area contributed by atoms with Gasteiger partial charge in [-0.15, -0.1) is 0 Å². The van der Waals surface area contributed by atoms with Gasteiger partial charge in [0.2, 0.25) is 0 Å². The van der Waals surface area contributed by atoms with Gasteiger partial charge in [0.05, 0.1) is 17.8 Å². The van der Waals surface area contributed by atoms with Crippen molar-refractivity contribution in [2.45, 2.75) is 6.54 Å². The van der Waals surface area contributed by atoms with Crippen LogP contribution >= 0.6 is 0 Å². The molecule has 0 aliphatic heterocycles. The minimum atomic E-state index is 0.0346. The van der Waals surface area contributed by atoms with Gasteiger partial charge in [0.15, 0.2) is 5.43 Å². The lowest BCUT2D eigenvalue weighted by molar-refractivity contribution is 0.800. The number of anilines is 1. The average molecular weight is 251 g/mol.